The third-order valence-corrected chi connectivity index (χ3v) is 4.31. The second-order valence-corrected chi connectivity index (χ2v) is 5.93. The SMILES string of the molecule is COc1cc(C(=O)Nc2cc3c(cc2C)oc(=O)n3C)cc(OC)c1OC. The molecule has 0 atom stereocenters. The van der Waals surface area contributed by atoms with Crippen LogP contribution >= 0.6 is 0 Å². The molecular weight excluding hydrogens is 352 g/mol. The van der Waals surface area contributed by atoms with Crippen molar-refractivity contribution in [3.8, 4) is 17.2 Å². The minimum absolute atomic E-state index is 0.338. The summed E-state index contributed by atoms with van der Waals surface area (Å²) >= 11 is 0. The first-order valence-corrected chi connectivity index (χ1v) is 8.11. The van der Waals surface area contributed by atoms with Crippen molar-refractivity contribution in [2.45, 2.75) is 6.92 Å². The van der Waals surface area contributed by atoms with Crippen molar-refractivity contribution in [2.24, 2.45) is 7.05 Å². The summed E-state index contributed by atoms with van der Waals surface area (Å²) in [6.45, 7) is 1.82. The Bertz CT molecular complexity index is 1050. The second-order valence-electron chi connectivity index (χ2n) is 5.93. The fourth-order valence-electron chi connectivity index (χ4n) is 2.82. The van der Waals surface area contributed by atoms with Crippen molar-refractivity contribution in [1.82, 2.24) is 4.57 Å². The van der Waals surface area contributed by atoms with Gasteiger partial charge < -0.3 is 23.9 Å². The third kappa shape index (κ3) is 3.21. The summed E-state index contributed by atoms with van der Waals surface area (Å²) in [5, 5.41) is 2.85. The van der Waals surface area contributed by atoms with Gasteiger partial charge in [0.15, 0.2) is 17.1 Å². The minimum atomic E-state index is -0.461. The van der Waals surface area contributed by atoms with E-state index in [1.807, 2.05) is 6.92 Å². The highest BCUT2D eigenvalue weighted by Crippen LogP contribution is 2.38. The zero-order valence-electron chi connectivity index (χ0n) is 15.7. The summed E-state index contributed by atoms with van der Waals surface area (Å²) in [4.78, 5) is 24.4. The van der Waals surface area contributed by atoms with E-state index in [0.717, 1.165) is 5.56 Å². The molecule has 0 aliphatic carbocycles. The van der Waals surface area contributed by atoms with Gasteiger partial charge in [-0.25, -0.2) is 4.79 Å². The van der Waals surface area contributed by atoms with E-state index in [0.29, 0.717) is 39.6 Å². The average molecular weight is 372 g/mol. The first-order chi connectivity index (χ1) is 12.9. The molecule has 8 nitrogen and oxygen atoms in total. The maximum atomic E-state index is 12.8. The van der Waals surface area contributed by atoms with Crippen molar-refractivity contribution in [1.29, 1.82) is 0 Å². The Hall–Kier alpha value is -3.42. The van der Waals surface area contributed by atoms with Gasteiger partial charge in [0, 0.05) is 18.3 Å². The molecule has 0 aliphatic rings. The third-order valence-electron chi connectivity index (χ3n) is 4.31. The van der Waals surface area contributed by atoms with E-state index in [4.69, 9.17) is 18.6 Å². The van der Waals surface area contributed by atoms with Gasteiger partial charge in [-0.1, -0.05) is 0 Å². The normalized spacial score (nSPS) is 10.7. The zero-order chi connectivity index (χ0) is 19.7. The van der Waals surface area contributed by atoms with Crippen LogP contribution < -0.4 is 25.3 Å². The van der Waals surface area contributed by atoms with Gasteiger partial charge in [-0.15, -0.1) is 0 Å². The molecule has 3 rings (SSSR count). The van der Waals surface area contributed by atoms with Crippen LogP contribution in [0.5, 0.6) is 17.2 Å². The van der Waals surface area contributed by atoms with Crippen LogP contribution in [0.15, 0.2) is 33.5 Å². The molecule has 0 fully saturated rings. The van der Waals surface area contributed by atoms with Crippen molar-refractivity contribution >= 4 is 22.7 Å². The number of carbonyl (C=O) groups excluding carboxylic acids is 1. The van der Waals surface area contributed by atoms with Crippen LogP contribution in [0.4, 0.5) is 5.69 Å². The predicted octanol–water partition coefficient (Wildman–Crippen LogP) is 2.72. The first-order valence-electron chi connectivity index (χ1n) is 8.11. The summed E-state index contributed by atoms with van der Waals surface area (Å²) in [5.41, 5.74) is 2.72. The molecule has 0 spiro atoms. The molecule has 0 radical (unpaired) electrons. The largest absolute Gasteiger partial charge is 0.493 e. The van der Waals surface area contributed by atoms with E-state index in [9.17, 15) is 9.59 Å². The van der Waals surface area contributed by atoms with E-state index < -0.39 is 5.76 Å². The second kappa shape index (κ2) is 7.06. The number of aryl methyl sites for hydroxylation is 2. The molecule has 27 heavy (non-hydrogen) atoms. The Morgan fingerprint density at radius 3 is 2.22 bits per heavy atom. The minimum Gasteiger partial charge on any atom is -0.493 e. The van der Waals surface area contributed by atoms with Crippen molar-refractivity contribution < 1.29 is 23.4 Å². The number of aromatic nitrogens is 1. The molecule has 2 aromatic carbocycles. The van der Waals surface area contributed by atoms with Gasteiger partial charge in [0.25, 0.3) is 5.91 Å². The maximum Gasteiger partial charge on any atom is 0.419 e. The lowest BCUT2D eigenvalue weighted by Gasteiger charge is -2.14. The summed E-state index contributed by atoms with van der Waals surface area (Å²) < 4.78 is 22.4. The summed E-state index contributed by atoms with van der Waals surface area (Å²) in [6.07, 6.45) is 0. The molecule has 142 valence electrons. The quantitative estimate of drug-likeness (QED) is 0.740. The number of methoxy groups -OCH3 is 3. The average Bonchev–Trinajstić information content (AvgIpc) is 2.93. The lowest BCUT2D eigenvalue weighted by molar-refractivity contribution is 0.102. The van der Waals surface area contributed by atoms with E-state index in [-0.39, 0.29) is 5.91 Å². The van der Waals surface area contributed by atoms with Crippen LogP contribution in [0.3, 0.4) is 0 Å². The number of amides is 1. The predicted molar refractivity (Wildman–Crippen MR) is 100 cm³/mol. The molecule has 1 N–H and O–H groups in total. The van der Waals surface area contributed by atoms with Crippen LogP contribution in [-0.2, 0) is 7.05 Å². The fraction of sp³-hybridized carbons (Fsp3) is 0.263. The maximum absolute atomic E-state index is 12.8. The molecule has 0 saturated heterocycles. The van der Waals surface area contributed by atoms with Gasteiger partial charge >= 0.3 is 5.76 Å². The van der Waals surface area contributed by atoms with Crippen molar-refractivity contribution in [2.75, 3.05) is 26.6 Å². The van der Waals surface area contributed by atoms with Gasteiger partial charge in [-0.3, -0.25) is 9.36 Å². The first kappa shape index (κ1) is 18.4. The summed E-state index contributed by atoms with van der Waals surface area (Å²) in [5.74, 6) is 0.350. The Labute approximate surface area is 155 Å². The van der Waals surface area contributed by atoms with Gasteiger partial charge in [0.1, 0.15) is 0 Å². The molecule has 1 amide bonds. The van der Waals surface area contributed by atoms with E-state index in [2.05, 4.69) is 5.32 Å². The van der Waals surface area contributed by atoms with Crippen LogP contribution in [0.1, 0.15) is 15.9 Å². The van der Waals surface area contributed by atoms with Gasteiger partial charge in [-0.05, 0) is 36.8 Å². The number of carbonyl (C=O) groups is 1. The molecular formula is C19H20N2O6. The zero-order valence-corrected chi connectivity index (χ0v) is 15.7. The van der Waals surface area contributed by atoms with Gasteiger partial charge in [0.05, 0.1) is 26.8 Å². The molecule has 0 saturated carbocycles. The number of fused-ring (bicyclic) bond motifs is 1. The van der Waals surface area contributed by atoms with Crippen LogP contribution in [0, 0.1) is 6.92 Å². The van der Waals surface area contributed by atoms with Crippen LogP contribution in [-0.4, -0.2) is 31.8 Å². The number of hydrogen-bond donors (Lipinski definition) is 1. The Balaban J connectivity index is 2.00. The summed E-state index contributed by atoms with van der Waals surface area (Å²) in [6, 6.07) is 6.54. The number of rotatable bonds is 5. The molecule has 3 aromatic rings. The van der Waals surface area contributed by atoms with Crippen LogP contribution in [0.2, 0.25) is 0 Å². The molecule has 1 heterocycles. The lowest BCUT2D eigenvalue weighted by atomic mass is 10.1. The smallest absolute Gasteiger partial charge is 0.419 e. The highest BCUT2D eigenvalue weighted by atomic mass is 16.5. The fourth-order valence-corrected chi connectivity index (χ4v) is 2.82. The van der Waals surface area contributed by atoms with Gasteiger partial charge in [-0.2, -0.15) is 0 Å². The van der Waals surface area contributed by atoms with E-state index in [1.54, 1.807) is 31.3 Å². The Morgan fingerprint density at radius 2 is 1.67 bits per heavy atom. The molecule has 0 aliphatic heterocycles. The van der Waals surface area contributed by atoms with Crippen molar-refractivity contribution in [3.05, 3.63) is 45.9 Å². The number of oxazole rings is 1. The number of benzene rings is 2. The monoisotopic (exact) mass is 372 g/mol. The molecule has 0 bridgehead atoms. The summed E-state index contributed by atoms with van der Waals surface area (Å²) in [7, 11) is 6.06. The van der Waals surface area contributed by atoms with Crippen LogP contribution in [0.25, 0.3) is 11.1 Å². The topological polar surface area (TPSA) is 91.9 Å². The number of ether oxygens (including phenoxy) is 3. The highest BCUT2D eigenvalue weighted by Gasteiger charge is 2.18. The van der Waals surface area contributed by atoms with Gasteiger partial charge in [0.2, 0.25) is 5.75 Å². The molecule has 0 unspecified atom stereocenters. The van der Waals surface area contributed by atoms with E-state index >= 15 is 0 Å². The van der Waals surface area contributed by atoms with E-state index in [1.165, 1.54) is 25.9 Å². The Morgan fingerprint density at radius 1 is 1.04 bits per heavy atom. The number of hydrogen-bond acceptors (Lipinski definition) is 6. The number of nitrogens with zero attached hydrogens (tertiary/aromatic N) is 1. The Kier molecular flexibility index (Phi) is 4.81. The number of nitrogens with one attached hydrogen (secondary N) is 1. The van der Waals surface area contributed by atoms with Crippen molar-refractivity contribution in [3.63, 3.8) is 0 Å². The lowest BCUT2D eigenvalue weighted by Crippen LogP contribution is -2.14. The molecule has 8 heteroatoms. The number of anilines is 1. The standard InChI is InChI=1S/C19H20N2O6/c1-10-6-14-13(21(2)19(23)27-14)9-12(10)20-18(22)11-7-15(24-3)17(26-5)16(8-11)25-4/h6-9H,1-5H3,(H,20,22). The molecule has 1 aromatic heterocycles. The highest BCUT2D eigenvalue weighted by molar-refractivity contribution is 6.06.